The van der Waals surface area contributed by atoms with E-state index in [0.717, 1.165) is 19.6 Å². The summed E-state index contributed by atoms with van der Waals surface area (Å²) in [6.45, 7) is 4.99. The normalized spacial score (nSPS) is 27.6. The largest absolute Gasteiger partial charge is 0.497 e. The van der Waals surface area contributed by atoms with Crippen molar-refractivity contribution >= 4 is 5.91 Å². The van der Waals surface area contributed by atoms with Gasteiger partial charge in [0.2, 0.25) is 0 Å². The standard InChI is InChI=1S/C16H22N2O3/c1-10-14-8-17-7-11(14)9-18(10)16(19)13-5-4-12(20-2)6-15(13)21-3/h4-6,10-11,14,17H,7-9H2,1-3H3. The van der Waals surface area contributed by atoms with Gasteiger partial charge in [0, 0.05) is 31.7 Å². The highest BCUT2D eigenvalue weighted by molar-refractivity contribution is 5.97. The van der Waals surface area contributed by atoms with Crippen LogP contribution < -0.4 is 14.8 Å². The van der Waals surface area contributed by atoms with Gasteiger partial charge in [0.15, 0.2) is 0 Å². The van der Waals surface area contributed by atoms with Crippen LogP contribution in [0.15, 0.2) is 18.2 Å². The molecule has 2 saturated heterocycles. The minimum Gasteiger partial charge on any atom is -0.497 e. The predicted molar refractivity (Wildman–Crippen MR) is 79.9 cm³/mol. The summed E-state index contributed by atoms with van der Waals surface area (Å²) in [5.74, 6) is 2.46. The number of amides is 1. The molecule has 21 heavy (non-hydrogen) atoms. The molecule has 2 heterocycles. The lowest BCUT2D eigenvalue weighted by Gasteiger charge is -2.25. The minimum absolute atomic E-state index is 0.0522. The number of hydrogen-bond acceptors (Lipinski definition) is 4. The van der Waals surface area contributed by atoms with Gasteiger partial charge in [-0.1, -0.05) is 0 Å². The Bertz CT molecular complexity index is 546. The second kappa shape index (κ2) is 5.56. The quantitative estimate of drug-likeness (QED) is 0.914. The third kappa shape index (κ3) is 2.35. The van der Waals surface area contributed by atoms with E-state index < -0.39 is 0 Å². The van der Waals surface area contributed by atoms with Gasteiger partial charge in [-0.15, -0.1) is 0 Å². The molecule has 2 aliphatic rings. The van der Waals surface area contributed by atoms with Crippen molar-refractivity contribution in [2.45, 2.75) is 13.0 Å². The molecule has 2 fully saturated rings. The van der Waals surface area contributed by atoms with Crippen LogP contribution in [0.4, 0.5) is 0 Å². The van der Waals surface area contributed by atoms with E-state index in [2.05, 4.69) is 12.2 Å². The first-order valence-electron chi connectivity index (χ1n) is 7.39. The maximum atomic E-state index is 12.9. The van der Waals surface area contributed by atoms with Gasteiger partial charge in [0.05, 0.1) is 19.8 Å². The molecule has 0 spiro atoms. The molecule has 1 aromatic carbocycles. The lowest BCUT2D eigenvalue weighted by atomic mass is 9.95. The van der Waals surface area contributed by atoms with Crippen molar-refractivity contribution in [3.63, 3.8) is 0 Å². The Balaban J connectivity index is 1.85. The number of rotatable bonds is 3. The number of hydrogen-bond donors (Lipinski definition) is 1. The molecule has 3 unspecified atom stereocenters. The maximum absolute atomic E-state index is 12.9. The van der Waals surface area contributed by atoms with Crippen LogP contribution in [0.3, 0.4) is 0 Å². The van der Waals surface area contributed by atoms with Crippen LogP contribution in [0.2, 0.25) is 0 Å². The van der Waals surface area contributed by atoms with E-state index >= 15 is 0 Å². The zero-order valence-corrected chi connectivity index (χ0v) is 12.8. The Labute approximate surface area is 125 Å². The molecule has 0 aromatic heterocycles. The van der Waals surface area contributed by atoms with Crippen molar-refractivity contribution in [1.29, 1.82) is 0 Å². The number of nitrogens with zero attached hydrogens (tertiary/aromatic N) is 1. The Kier molecular flexibility index (Phi) is 3.76. The number of carbonyl (C=O) groups excluding carboxylic acids is 1. The van der Waals surface area contributed by atoms with Crippen LogP contribution in [0.25, 0.3) is 0 Å². The zero-order valence-electron chi connectivity index (χ0n) is 12.8. The molecule has 0 radical (unpaired) electrons. The molecule has 2 aliphatic heterocycles. The Hall–Kier alpha value is -1.75. The Morgan fingerprint density at radius 2 is 2.10 bits per heavy atom. The lowest BCUT2D eigenvalue weighted by molar-refractivity contribution is 0.0725. The molecule has 5 nitrogen and oxygen atoms in total. The van der Waals surface area contributed by atoms with E-state index in [0.29, 0.717) is 28.9 Å². The number of likely N-dealkylation sites (tertiary alicyclic amines) is 1. The Morgan fingerprint density at radius 1 is 1.29 bits per heavy atom. The first-order chi connectivity index (χ1) is 10.2. The van der Waals surface area contributed by atoms with E-state index in [-0.39, 0.29) is 11.9 Å². The average molecular weight is 290 g/mol. The number of carbonyl (C=O) groups is 1. The van der Waals surface area contributed by atoms with Crippen molar-refractivity contribution in [1.82, 2.24) is 10.2 Å². The summed E-state index contributed by atoms with van der Waals surface area (Å²) in [5, 5.41) is 3.41. The molecule has 3 atom stereocenters. The van der Waals surface area contributed by atoms with Crippen molar-refractivity contribution in [3.8, 4) is 11.5 Å². The van der Waals surface area contributed by atoms with E-state index in [9.17, 15) is 4.79 Å². The first kappa shape index (κ1) is 14.2. The van der Waals surface area contributed by atoms with Gasteiger partial charge < -0.3 is 19.7 Å². The summed E-state index contributed by atoms with van der Waals surface area (Å²) >= 11 is 0. The summed E-state index contributed by atoms with van der Waals surface area (Å²) < 4.78 is 10.5. The maximum Gasteiger partial charge on any atom is 0.257 e. The van der Waals surface area contributed by atoms with Crippen molar-refractivity contribution in [3.05, 3.63) is 23.8 Å². The van der Waals surface area contributed by atoms with Crippen LogP contribution in [-0.2, 0) is 0 Å². The third-order valence-corrected chi connectivity index (χ3v) is 4.83. The molecule has 3 rings (SSSR count). The zero-order chi connectivity index (χ0) is 15.0. The predicted octanol–water partition coefficient (Wildman–Crippen LogP) is 1.38. The molecule has 5 heteroatoms. The highest BCUT2D eigenvalue weighted by atomic mass is 16.5. The molecule has 1 N–H and O–H groups in total. The fourth-order valence-corrected chi connectivity index (χ4v) is 3.57. The number of benzene rings is 1. The second-order valence-corrected chi connectivity index (χ2v) is 5.85. The number of nitrogens with one attached hydrogen (secondary N) is 1. The SMILES string of the molecule is COc1ccc(C(=O)N2CC3CNCC3C2C)c(OC)c1. The summed E-state index contributed by atoms with van der Waals surface area (Å²) in [7, 11) is 3.19. The van der Waals surface area contributed by atoms with Crippen molar-refractivity contribution in [2.75, 3.05) is 33.9 Å². The summed E-state index contributed by atoms with van der Waals surface area (Å²) in [6.07, 6.45) is 0. The van der Waals surface area contributed by atoms with Crippen LogP contribution in [0.5, 0.6) is 11.5 Å². The smallest absolute Gasteiger partial charge is 0.257 e. The second-order valence-electron chi connectivity index (χ2n) is 5.85. The fourth-order valence-electron chi connectivity index (χ4n) is 3.57. The van der Waals surface area contributed by atoms with E-state index in [1.165, 1.54) is 0 Å². The van der Waals surface area contributed by atoms with E-state index in [1.807, 2.05) is 4.90 Å². The summed E-state index contributed by atoms with van der Waals surface area (Å²) in [5.41, 5.74) is 0.609. The molecular weight excluding hydrogens is 268 g/mol. The molecule has 1 aromatic rings. The van der Waals surface area contributed by atoms with Crippen LogP contribution in [0, 0.1) is 11.8 Å². The monoisotopic (exact) mass is 290 g/mol. The van der Waals surface area contributed by atoms with Gasteiger partial charge >= 0.3 is 0 Å². The first-order valence-corrected chi connectivity index (χ1v) is 7.39. The highest BCUT2D eigenvalue weighted by Crippen LogP contribution is 2.35. The molecule has 0 saturated carbocycles. The van der Waals surface area contributed by atoms with Gasteiger partial charge in [-0.25, -0.2) is 0 Å². The van der Waals surface area contributed by atoms with E-state index in [4.69, 9.17) is 9.47 Å². The van der Waals surface area contributed by atoms with Gasteiger partial charge in [-0.05, 0) is 30.9 Å². The number of ether oxygens (including phenoxy) is 2. The molecule has 0 bridgehead atoms. The van der Waals surface area contributed by atoms with E-state index in [1.54, 1.807) is 32.4 Å². The summed E-state index contributed by atoms with van der Waals surface area (Å²) in [6, 6.07) is 5.62. The van der Waals surface area contributed by atoms with Gasteiger partial charge in [-0.3, -0.25) is 4.79 Å². The molecule has 114 valence electrons. The van der Waals surface area contributed by atoms with Crippen LogP contribution in [0.1, 0.15) is 17.3 Å². The van der Waals surface area contributed by atoms with Gasteiger partial charge in [0.1, 0.15) is 11.5 Å². The molecular formula is C16H22N2O3. The average Bonchev–Trinajstić information content (AvgIpc) is 3.09. The molecule has 0 aliphatic carbocycles. The van der Waals surface area contributed by atoms with Crippen molar-refractivity contribution < 1.29 is 14.3 Å². The Morgan fingerprint density at radius 3 is 2.76 bits per heavy atom. The lowest BCUT2D eigenvalue weighted by Crippen LogP contribution is -2.38. The topological polar surface area (TPSA) is 50.8 Å². The fraction of sp³-hybridized carbons (Fsp3) is 0.562. The highest BCUT2D eigenvalue weighted by Gasteiger charge is 2.44. The van der Waals surface area contributed by atoms with Crippen molar-refractivity contribution in [2.24, 2.45) is 11.8 Å². The van der Waals surface area contributed by atoms with Gasteiger partial charge in [-0.2, -0.15) is 0 Å². The summed E-state index contributed by atoms with van der Waals surface area (Å²) in [4.78, 5) is 14.8. The van der Waals surface area contributed by atoms with Gasteiger partial charge in [0.25, 0.3) is 5.91 Å². The molecule has 1 amide bonds. The third-order valence-electron chi connectivity index (χ3n) is 4.83. The van der Waals surface area contributed by atoms with Crippen LogP contribution >= 0.6 is 0 Å². The van der Waals surface area contributed by atoms with Crippen LogP contribution in [-0.4, -0.2) is 50.7 Å². The number of fused-ring (bicyclic) bond motifs is 1. The number of methoxy groups -OCH3 is 2. The minimum atomic E-state index is 0.0522.